The van der Waals surface area contributed by atoms with Crippen molar-refractivity contribution in [2.24, 2.45) is 0 Å². The molecule has 1 aromatic carbocycles. The molecule has 0 atom stereocenters. The van der Waals surface area contributed by atoms with E-state index in [2.05, 4.69) is 11.1 Å². The smallest absolute Gasteiger partial charge is 0.124 e. The van der Waals surface area contributed by atoms with E-state index < -0.39 is 0 Å². The van der Waals surface area contributed by atoms with Gasteiger partial charge in [0, 0.05) is 19.5 Å². The molecule has 0 spiro atoms. The molecular formula is C13H12FN3. The highest BCUT2D eigenvalue weighted by atomic mass is 19.1. The van der Waals surface area contributed by atoms with Crippen molar-refractivity contribution in [1.29, 1.82) is 5.26 Å². The standard InChI is InChI=1S/C13H12FN3/c1-8-11(7-15)13(17(2)3)10-6-9(14)4-5-12(10)16-8/h4-6H,1-3H3. The summed E-state index contributed by atoms with van der Waals surface area (Å²) in [7, 11) is 3.67. The molecule has 0 bridgehead atoms. The van der Waals surface area contributed by atoms with E-state index in [1.165, 1.54) is 12.1 Å². The third-order valence-corrected chi connectivity index (χ3v) is 2.66. The Hall–Kier alpha value is -2.15. The minimum atomic E-state index is -0.324. The predicted octanol–water partition coefficient (Wildman–Crippen LogP) is 2.62. The molecule has 3 nitrogen and oxygen atoms in total. The lowest BCUT2D eigenvalue weighted by molar-refractivity contribution is 0.629. The van der Waals surface area contributed by atoms with Gasteiger partial charge in [-0.25, -0.2) is 4.39 Å². The number of aryl methyl sites for hydroxylation is 1. The Morgan fingerprint density at radius 1 is 1.35 bits per heavy atom. The number of hydrogen-bond acceptors (Lipinski definition) is 3. The number of anilines is 1. The summed E-state index contributed by atoms with van der Waals surface area (Å²) in [5.41, 5.74) is 2.57. The first-order valence-electron chi connectivity index (χ1n) is 5.22. The van der Waals surface area contributed by atoms with Crippen molar-refractivity contribution in [2.45, 2.75) is 6.92 Å². The summed E-state index contributed by atoms with van der Waals surface area (Å²) in [5.74, 6) is -0.324. The van der Waals surface area contributed by atoms with Crippen molar-refractivity contribution in [3.05, 3.63) is 35.3 Å². The fraction of sp³-hybridized carbons (Fsp3) is 0.231. The normalized spacial score (nSPS) is 10.3. The van der Waals surface area contributed by atoms with Gasteiger partial charge in [-0.2, -0.15) is 5.26 Å². The average molecular weight is 229 g/mol. The van der Waals surface area contributed by atoms with Gasteiger partial charge in [0.05, 0.1) is 22.5 Å². The average Bonchev–Trinajstić information content (AvgIpc) is 2.27. The zero-order chi connectivity index (χ0) is 12.6. The van der Waals surface area contributed by atoms with Crippen molar-refractivity contribution < 1.29 is 4.39 Å². The third kappa shape index (κ3) is 1.80. The lowest BCUT2D eigenvalue weighted by atomic mass is 10.1. The Bertz CT molecular complexity index is 627. The van der Waals surface area contributed by atoms with Crippen LogP contribution in [-0.4, -0.2) is 19.1 Å². The molecule has 0 radical (unpaired) electrons. The molecule has 0 aliphatic rings. The van der Waals surface area contributed by atoms with Crippen LogP contribution in [-0.2, 0) is 0 Å². The Balaban J connectivity index is 2.96. The van der Waals surface area contributed by atoms with Crippen LogP contribution in [0.2, 0.25) is 0 Å². The second kappa shape index (κ2) is 4.02. The summed E-state index contributed by atoms with van der Waals surface area (Å²) in [6.07, 6.45) is 0. The molecule has 0 saturated heterocycles. The van der Waals surface area contributed by atoms with Crippen molar-refractivity contribution in [3.8, 4) is 6.07 Å². The minimum Gasteiger partial charge on any atom is -0.376 e. The molecule has 86 valence electrons. The van der Waals surface area contributed by atoms with Gasteiger partial charge in [0.25, 0.3) is 0 Å². The molecule has 0 aliphatic carbocycles. The number of pyridine rings is 1. The van der Waals surface area contributed by atoms with Crippen LogP contribution < -0.4 is 4.90 Å². The Kier molecular flexibility index (Phi) is 2.68. The molecule has 0 saturated carbocycles. The summed E-state index contributed by atoms with van der Waals surface area (Å²) in [4.78, 5) is 6.13. The maximum absolute atomic E-state index is 13.3. The molecule has 1 heterocycles. The number of rotatable bonds is 1. The van der Waals surface area contributed by atoms with Crippen LogP contribution >= 0.6 is 0 Å². The molecule has 0 N–H and O–H groups in total. The number of benzene rings is 1. The molecular weight excluding hydrogens is 217 g/mol. The highest BCUT2D eigenvalue weighted by Gasteiger charge is 2.14. The zero-order valence-corrected chi connectivity index (χ0v) is 9.95. The molecule has 2 aromatic rings. The van der Waals surface area contributed by atoms with Crippen LogP contribution in [0.5, 0.6) is 0 Å². The van der Waals surface area contributed by atoms with Gasteiger partial charge in [-0.1, -0.05) is 0 Å². The van der Waals surface area contributed by atoms with Gasteiger partial charge in [0.2, 0.25) is 0 Å². The van der Waals surface area contributed by atoms with E-state index >= 15 is 0 Å². The van der Waals surface area contributed by atoms with E-state index in [1.807, 2.05) is 19.0 Å². The van der Waals surface area contributed by atoms with Gasteiger partial charge in [0.15, 0.2) is 0 Å². The second-order valence-electron chi connectivity index (χ2n) is 4.09. The number of aromatic nitrogens is 1. The summed E-state index contributed by atoms with van der Waals surface area (Å²) in [6, 6.07) is 6.55. The topological polar surface area (TPSA) is 39.9 Å². The first-order valence-corrected chi connectivity index (χ1v) is 5.22. The number of halogens is 1. The summed E-state index contributed by atoms with van der Waals surface area (Å²) < 4.78 is 13.3. The van der Waals surface area contributed by atoms with Crippen molar-refractivity contribution >= 4 is 16.6 Å². The fourth-order valence-electron chi connectivity index (χ4n) is 1.94. The molecule has 1 aromatic heterocycles. The van der Waals surface area contributed by atoms with Gasteiger partial charge in [-0.3, -0.25) is 4.98 Å². The van der Waals surface area contributed by atoms with Crippen LogP contribution in [0.4, 0.5) is 10.1 Å². The van der Waals surface area contributed by atoms with Gasteiger partial charge in [0.1, 0.15) is 11.9 Å². The minimum absolute atomic E-state index is 0.324. The maximum Gasteiger partial charge on any atom is 0.124 e. The fourth-order valence-corrected chi connectivity index (χ4v) is 1.94. The van der Waals surface area contributed by atoms with Crippen LogP contribution in [0.15, 0.2) is 18.2 Å². The van der Waals surface area contributed by atoms with Gasteiger partial charge < -0.3 is 4.90 Å². The van der Waals surface area contributed by atoms with Crippen molar-refractivity contribution in [2.75, 3.05) is 19.0 Å². The summed E-state index contributed by atoms with van der Waals surface area (Å²) in [6.45, 7) is 1.79. The number of fused-ring (bicyclic) bond motifs is 1. The van der Waals surface area contributed by atoms with Crippen LogP contribution in [0.25, 0.3) is 10.9 Å². The van der Waals surface area contributed by atoms with Gasteiger partial charge >= 0.3 is 0 Å². The SMILES string of the molecule is Cc1nc2ccc(F)cc2c(N(C)C)c1C#N. The molecule has 2 rings (SSSR count). The highest BCUT2D eigenvalue weighted by molar-refractivity contribution is 5.95. The molecule has 0 unspecified atom stereocenters. The maximum atomic E-state index is 13.3. The van der Waals surface area contributed by atoms with Crippen molar-refractivity contribution in [1.82, 2.24) is 4.98 Å². The van der Waals surface area contributed by atoms with E-state index in [4.69, 9.17) is 5.26 Å². The van der Waals surface area contributed by atoms with Crippen molar-refractivity contribution in [3.63, 3.8) is 0 Å². The summed E-state index contributed by atoms with van der Waals surface area (Å²) in [5, 5.41) is 9.83. The van der Waals surface area contributed by atoms with E-state index in [-0.39, 0.29) is 5.82 Å². The predicted molar refractivity (Wildman–Crippen MR) is 65.5 cm³/mol. The number of nitriles is 1. The molecule has 17 heavy (non-hydrogen) atoms. The quantitative estimate of drug-likeness (QED) is 0.754. The number of hydrogen-bond donors (Lipinski definition) is 0. The molecule has 0 amide bonds. The monoisotopic (exact) mass is 229 g/mol. The zero-order valence-electron chi connectivity index (χ0n) is 9.95. The molecule has 4 heteroatoms. The second-order valence-corrected chi connectivity index (χ2v) is 4.09. The van der Waals surface area contributed by atoms with Crippen LogP contribution in [0.3, 0.4) is 0 Å². The van der Waals surface area contributed by atoms with E-state index in [0.717, 1.165) is 5.69 Å². The Morgan fingerprint density at radius 2 is 2.06 bits per heavy atom. The molecule has 0 fully saturated rings. The highest BCUT2D eigenvalue weighted by Crippen LogP contribution is 2.30. The van der Waals surface area contributed by atoms with Gasteiger partial charge in [-0.05, 0) is 25.1 Å². The number of nitrogens with zero attached hydrogens (tertiary/aromatic N) is 3. The third-order valence-electron chi connectivity index (χ3n) is 2.66. The Morgan fingerprint density at radius 3 is 2.65 bits per heavy atom. The van der Waals surface area contributed by atoms with Gasteiger partial charge in [-0.15, -0.1) is 0 Å². The van der Waals surface area contributed by atoms with Crippen LogP contribution in [0.1, 0.15) is 11.3 Å². The largest absolute Gasteiger partial charge is 0.376 e. The first-order chi connectivity index (χ1) is 8.04. The summed E-state index contributed by atoms with van der Waals surface area (Å²) >= 11 is 0. The lowest BCUT2D eigenvalue weighted by Crippen LogP contribution is -2.12. The van der Waals surface area contributed by atoms with E-state index in [9.17, 15) is 4.39 Å². The van der Waals surface area contributed by atoms with E-state index in [0.29, 0.717) is 22.2 Å². The lowest BCUT2D eigenvalue weighted by Gasteiger charge is -2.18. The molecule has 0 aliphatic heterocycles. The van der Waals surface area contributed by atoms with Crippen LogP contribution in [0, 0.1) is 24.1 Å². The van der Waals surface area contributed by atoms with E-state index in [1.54, 1.807) is 13.0 Å². The Labute approximate surface area is 99.1 Å². The first kappa shape index (κ1) is 11.3.